The van der Waals surface area contributed by atoms with Gasteiger partial charge in [0.2, 0.25) is 5.91 Å². The second kappa shape index (κ2) is 28.2. The molecule has 360 valence electrons. The van der Waals surface area contributed by atoms with Crippen LogP contribution in [-0.2, 0) is 23.8 Å². The van der Waals surface area contributed by atoms with Crippen molar-refractivity contribution in [3.63, 3.8) is 0 Å². The maximum atomic E-state index is 13.5. The molecule has 2 heterocycles. The van der Waals surface area contributed by atoms with Crippen LogP contribution in [0.25, 0.3) is 0 Å². The molecule has 0 aromatic heterocycles. The first-order valence-corrected chi connectivity index (χ1v) is 23.6. The number of ether oxygens (including phenoxy) is 3. The number of aliphatic hydroxyl groups is 5. The first kappa shape index (κ1) is 56.2. The largest absolute Gasteiger partial charge is 0.459 e. The number of hydrogen-bond donors (Lipinski definition) is 5. The lowest BCUT2D eigenvalue weighted by Gasteiger charge is -2.47. The zero-order valence-electron chi connectivity index (χ0n) is 40.5. The van der Waals surface area contributed by atoms with Crippen LogP contribution in [0.15, 0.2) is 72.9 Å². The number of aliphatic hydroxyl groups excluding tert-OH is 3. The Morgan fingerprint density at radius 3 is 1.84 bits per heavy atom. The van der Waals surface area contributed by atoms with E-state index in [1.54, 1.807) is 39.6 Å². The highest BCUT2D eigenvalue weighted by Gasteiger charge is 2.50. The summed E-state index contributed by atoms with van der Waals surface area (Å²) in [6, 6.07) is -1.19. The fourth-order valence-electron chi connectivity index (χ4n) is 8.82. The van der Waals surface area contributed by atoms with E-state index in [1.165, 1.54) is 13.8 Å². The van der Waals surface area contributed by atoms with Crippen LogP contribution in [0.1, 0.15) is 133 Å². The van der Waals surface area contributed by atoms with Gasteiger partial charge in [0.25, 0.3) is 0 Å². The van der Waals surface area contributed by atoms with Crippen LogP contribution in [0.2, 0.25) is 0 Å². The summed E-state index contributed by atoms with van der Waals surface area (Å²) in [5.41, 5.74) is -3.40. The Kier molecular flexibility index (Phi) is 25.1. The number of hydrogen-bond acceptors (Lipinski definition) is 11. The number of nitrogens with zero attached hydrogens (tertiary/aromatic N) is 2. The van der Waals surface area contributed by atoms with Crippen LogP contribution in [0.5, 0.6) is 0 Å². The van der Waals surface area contributed by atoms with E-state index in [2.05, 4.69) is 67.7 Å². The summed E-state index contributed by atoms with van der Waals surface area (Å²) in [5.74, 6) is -3.07. The molecule has 1 amide bonds. The van der Waals surface area contributed by atoms with Crippen molar-refractivity contribution in [3.05, 3.63) is 72.9 Å². The summed E-state index contributed by atoms with van der Waals surface area (Å²) in [7, 11) is 3.49. The van der Waals surface area contributed by atoms with Gasteiger partial charge in [0, 0.05) is 32.0 Å². The molecule has 0 aromatic carbocycles. The van der Waals surface area contributed by atoms with E-state index in [0.29, 0.717) is 19.4 Å². The van der Waals surface area contributed by atoms with Crippen LogP contribution in [0.3, 0.4) is 0 Å². The minimum atomic E-state index is -1.79. The van der Waals surface area contributed by atoms with Crippen molar-refractivity contribution in [1.82, 2.24) is 9.80 Å². The SMILES string of the molecule is CC/C=C/C/C=C/C/C=C/C/C=C/C/C=C/C/C=C/CCC(=O)N(C)[C@H]1C[C@@H](C)O[C@@H](O[C@@H]2[C@@H](C)[C@H](O)[C@@H](C)C(=O)O[C@H](CC)[C@@](C)(O)[C@H](O)[C@@H](C)N(C)C[C@H](C)C[C@@]2(C)O)[C@@H]1O. The third-order valence-corrected chi connectivity index (χ3v) is 12.8. The lowest BCUT2D eigenvalue weighted by Crippen LogP contribution is -2.60. The maximum absolute atomic E-state index is 13.5. The summed E-state index contributed by atoms with van der Waals surface area (Å²) < 4.78 is 18.5. The predicted molar refractivity (Wildman–Crippen MR) is 251 cm³/mol. The quantitative estimate of drug-likeness (QED) is 0.0690. The van der Waals surface area contributed by atoms with Crippen LogP contribution < -0.4 is 0 Å². The molecule has 2 aliphatic rings. The van der Waals surface area contributed by atoms with Gasteiger partial charge in [-0.15, -0.1) is 0 Å². The number of likely N-dealkylation sites (N-methyl/N-ethyl adjacent to an activating group) is 2. The van der Waals surface area contributed by atoms with Crippen LogP contribution in [0.4, 0.5) is 0 Å². The average molecular weight is 887 g/mol. The zero-order chi connectivity index (χ0) is 47.3. The van der Waals surface area contributed by atoms with Gasteiger partial charge in [-0.2, -0.15) is 0 Å². The second-order valence-electron chi connectivity index (χ2n) is 18.6. The highest BCUT2D eigenvalue weighted by atomic mass is 16.7. The molecule has 12 nitrogen and oxygen atoms in total. The minimum Gasteiger partial charge on any atom is -0.459 e. The molecule has 63 heavy (non-hydrogen) atoms. The molecule has 0 saturated carbocycles. The fraction of sp³-hybridized carbons (Fsp3) is 0.725. The molecule has 0 unspecified atom stereocenters. The molecular weight excluding hydrogens is 801 g/mol. The topological polar surface area (TPSA) is 169 Å². The molecule has 2 saturated heterocycles. The van der Waals surface area contributed by atoms with Crippen LogP contribution in [-0.4, -0.2) is 134 Å². The van der Waals surface area contributed by atoms with Crippen LogP contribution in [0, 0.1) is 17.8 Å². The lowest BCUT2D eigenvalue weighted by molar-refractivity contribution is -0.299. The Morgan fingerprint density at radius 2 is 1.33 bits per heavy atom. The number of carbonyl (C=O) groups excluding carboxylic acids is 2. The predicted octanol–water partition coefficient (Wildman–Crippen LogP) is 7.35. The van der Waals surface area contributed by atoms with Gasteiger partial charge in [0.15, 0.2) is 6.29 Å². The summed E-state index contributed by atoms with van der Waals surface area (Å²) in [4.78, 5) is 30.4. The summed E-state index contributed by atoms with van der Waals surface area (Å²) in [5, 5.41) is 58.5. The van der Waals surface area contributed by atoms with Gasteiger partial charge in [-0.05, 0) is 112 Å². The van der Waals surface area contributed by atoms with Crippen molar-refractivity contribution in [2.45, 2.75) is 199 Å². The summed E-state index contributed by atoms with van der Waals surface area (Å²) in [6.45, 7) is 16.1. The third kappa shape index (κ3) is 18.1. The molecule has 0 radical (unpaired) electrons. The molecule has 0 spiro atoms. The molecule has 12 heteroatoms. The number of rotatable bonds is 18. The van der Waals surface area contributed by atoms with Gasteiger partial charge < -0.3 is 49.5 Å². The van der Waals surface area contributed by atoms with Crippen LogP contribution >= 0.6 is 0 Å². The van der Waals surface area contributed by atoms with Crippen molar-refractivity contribution in [2.24, 2.45) is 17.8 Å². The number of amides is 1. The molecule has 5 N–H and O–H groups in total. The fourth-order valence-corrected chi connectivity index (χ4v) is 8.82. The number of cyclic esters (lactones) is 1. The molecule has 0 aliphatic carbocycles. The van der Waals surface area contributed by atoms with E-state index >= 15 is 0 Å². The molecule has 0 aromatic rings. The third-order valence-electron chi connectivity index (χ3n) is 12.8. The normalized spacial score (nSPS) is 36.2. The first-order chi connectivity index (χ1) is 29.7. The second-order valence-corrected chi connectivity index (χ2v) is 18.6. The summed E-state index contributed by atoms with van der Waals surface area (Å²) >= 11 is 0. The Bertz CT molecular complexity index is 1520. The highest BCUT2D eigenvalue weighted by molar-refractivity contribution is 5.76. The van der Waals surface area contributed by atoms with Crippen molar-refractivity contribution >= 4 is 11.9 Å². The van der Waals surface area contributed by atoms with Gasteiger partial charge in [-0.25, -0.2) is 0 Å². The smallest absolute Gasteiger partial charge is 0.311 e. The van der Waals surface area contributed by atoms with Gasteiger partial charge in [0.05, 0.1) is 35.9 Å². The molecule has 2 fully saturated rings. The lowest BCUT2D eigenvalue weighted by atomic mass is 9.78. The number of allylic oxidation sites excluding steroid dienone is 12. The molecule has 2 rings (SSSR count). The van der Waals surface area contributed by atoms with Gasteiger partial charge in [-0.3, -0.25) is 9.59 Å². The van der Waals surface area contributed by atoms with E-state index < -0.39 is 84.0 Å². The Morgan fingerprint density at radius 1 is 0.825 bits per heavy atom. The number of esters is 1. The van der Waals surface area contributed by atoms with Gasteiger partial charge in [0.1, 0.15) is 23.9 Å². The van der Waals surface area contributed by atoms with E-state index in [9.17, 15) is 35.1 Å². The molecule has 14 atom stereocenters. The standard InChI is InChI=1S/C51H86N2O10/c1-12-14-15-16-17-18-19-20-21-22-23-24-25-26-27-28-29-30-31-32-43(54)53(11)41-33-37(4)61-49(45(41)56)63-47-38(5)44(55)39(6)48(58)62-42(13-2)51(9,60)46(57)40(7)52(10)35-36(3)34-50(47,8)59/h14-15,17-18,20-21,23-24,26-27,29-30,36-42,44-47,49,55-57,59-60H,12-13,16,19,22,25,28,31-35H2,1-11H3/b15-14+,18-17+,21-20+,24-23+,27-26+,30-29+/t36-,37-,38+,39-,40-,41+,42-,44+,45-,46-,47-,49+,50-,51-/m1/s1. The van der Waals surface area contributed by atoms with E-state index in [0.717, 1.165) is 38.5 Å². The van der Waals surface area contributed by atoms with Crippen molar-refractivity contribution in [2.75, 3.05) is 20.6 Å². The van der Waals surface area contributed by atoms with E-state index in [4.69, 9.17) is 14.2 Å². The van der Waals surface area contributed by atoms with Crippen molar-refractivity contribution in [1.29, 1.82) is 0 Å². The van der Waals surface area contributed by atoms with E-state index in [1.807, 2.05) is 37.9 Å². The summed E-state index contributed by atoms with van der Waals surface area (Å²) in [6.07, 6.45) is 25.0. The Labute approximate surface area is 380 Å². The maximum Gasteiger partial charge on any atom is 0.311 e. The Balaban J connectivity index is 2.08. The van der Waals surface area contributed by atoms with Gasteiger partial charge >= 0.3 is 5.97 Å². The number of carbonyl (C=O) groups is 2. The highest BCUT2D eigenvalue weighted by Crippen LogP contribution is 2.37. The van der Waals surface area contributed by atoms with Gasteiger partial charge in [-0.1, -0.05) is 101 Å². The zero-order valence-corrected chi connectivity index (χ0v) is 40.5. The Hall–Kier alpha value is -2.94. The average Bonchev–Trinajstić information content (AvgIpc) is 3.23. The molecular formula is C51H86N2O10. The van der Waals surface area contributed by atoms with Crippen molar-refractivity contribution in [3.8, 4) is 0 Å². The van der Waals surface area contributed by atoms with Crippen molar-refractivity contribution < 1.29 is 49.3 Å². The monoisotopic (exact) mass is 887 g/mol. The first-order valence-electron chi connectivity index (χ1n) is 23.6. The minimum absolute atomic E-state index is 0.134. The van der Waals surface area contributed by atoms with E-state index in [-0.39, 0.29) is 31.1 Å². The molecule has 0 bridgehead atoms. The molecule has 2 aliphatic heterocycles.